The average molecular weight is 204 g/mol. The van der Waals surface area contributed by atoms with E-state index in [0.717, 1.165) is 5.57 Å². The van der Waals surface area contributed by atoms with E-state index >= 15 is 0 Å². The molecule has 0 aliphatic heterocycles. The van der Waals surface area contributed by atoms with Crippen molar-refractivity contribution in [2.24, 2.45) is 0 Å². The minimum absolute atomic E-state index is 0.310. The van der Waals surface area contributed by atoms with E-state index in [0.29, 0.717) is 5.56 Å². The van der Waals surface area contributed by atoms with Crippen molar-refractivity contribution in [3.63, 3.8) is 0 Å². The summed E-state index contributed by atoms with van der Waals surface area (Å²) in [6, 6.07) is 1.27. The summed E-state index contributed by atoms with van der Waals surface area (Å²) in [6.07, 6.45) is 6.87. The average Bonchev–Trinajstić information content (AvgIpc) is 2.22. The Hall–Kier alpha value is -2.10. The molecule has 0 unspecified atom stereocenters. The van der Waals surface area contributed by atoms with Crippen LogP contribution in [0.3, 0.4) is 0 Å². The molecule has 0 aliphatic rings. The van der Waals surface area contributed by atoms with Crippen LogP contribution < -0.4 is 11.1 Å². The lowest BCUT2D eigenvalue weighted by Gasteiger charge is -1.96. The fraction of sp³-hybridized carbons (Fsp3) is 0.0909. The maximum atomic E-state index is 11.3. The van der Waals surface area contributed by atoms with E-state index in [4.69, 9.17) is 0 Å². The Bertz CT molecular complexity index is 518. The molecule has 15 heavy (non-hydrogen) atoms. The van der Waals surface area contributed by atoms with Gasteiger partial charge in [-0.2, -0.15) is 0 Å². The highest BCUT2D eigenvalue weighted by Crippen LogP contribution is 2.05. The van der Waals surface area contributed by atoms with Gasteiger partial charge in [-0.05, 0) is 12.5 Å². The van der Waals surface area contributed by atoms with Crippen molar-refractivity contribution in [2.45, 2.75) is 6.92 Å². The van der Waals surface area contributed by atoms with Crippen molar-refractivity contribution >= 4 is 5.57 Å². The van der Waals surface area contributed by atoms with Crippen LogP contribution >= 0.6 is 0 Å². The molecule has 0 aliphatic carbocycles. The van der Waals surface area contributed by atoms with E-state index in [1.807, 2.05) is 0 Å². The molecule has 2 N–H and O–H groups in total. The molecule has 0 spiro atoms. The number of hydrogen-bond acceptors (Lipinski definition) is 2. The zero-order valence-corrected chi connectivity index (χ0v) is 8.41. The molecule has 1 rings (SSSR count). The minimum Gasteiger partial charge on any atom is -0.268 e. The number of nitrogens with one attached hydrogen (secondary N) is 2. The molecule has 0 radical (unpaired) electrons. The Morgan fingerprint density at radius 2 is 2.07 bits per heavy atom. The van der Waals surface area contributed by atoms with E-state index in [-0.39, 0.29) is 11.1 Å². The second-order valence-corrected chi connectivity index (χ2v) is 2.97. The van der Waals surface area contributed by atoms with Crippen LogP contribution in [0.4, 0.5) is 0 Å². The minimum atomic E-state index is -0.329. The lowest BCUT2D eigenvalue weighted by molar-refractivity contribution is 0.944. The number of rotatable bonds is 3. The molecule has 78 valence electrons. The molecular weight excluding hydrogens is 192 g/mol. The maximum absolute atomic E-state index is 11.3. The Labute approximate surface area is 86.6 Å². The normalized spacial score (nSPS) is 11.9. The summed E-state index contributed by atoms with van der Waals surface area (Å²) in [7, 11) is 0. The smallest absolute Gasteiger partial charge is 0.268 e. The first-order valence-electron chi connectivity index (χ1n) is 4.43. The molecule has 0 atom stereocenters. The van der Waals surface area contributed by atoms with Gasteiger partial charge in [0.05, 0.1) is 0 Å². The van der Waals surface area contributed by atoms with Gasteiger partial charge in [-0.1, -0.05) is 30.9 Å². The van der Waals surface area contributed by atoms with Crippen LogP contribution in [-0.2, 0) is 0 Å². The molecule has 0 aromatic carbocycles. The maximum Gasteiger partial charge on any atom is 0.270 e. The van der Waals surface area contributed by atoms with E-state index in [1.165, 1.54) is 6.07 Å². The van der Waals surface area contributed by atoms with Crippen molar-refractivity contribution in [3.8, 4) is 0 Å². The monoisotopic (exact) mass is 204 g/mol. The van der Waals surface area contributed by atoms with E-state index in [9.17, 15) is 9.59 Å². The molecule has 0 fully saturated rings. The van der Waals surface area contributed by atoms with Crippen LogP contribution in [0.25, 0.3) is 5.57 Å². The van der Waals surface area contributed by atoms with Crippen molar-refractivity contribution < 1.29 is 0 Å². The van der Waals surface area contributed by atoms with Crippen molar-refractivity contribution in [3.05, 3.63) is 63.2 Å². The van der Waals surface area contributed by atoms with Crippen LogP contribution in [0, 0.1) is 0 Å². The summed E-state index contributed by atoms with van der Waals surface area (Å²) in [4.78, 5) is 22.3. The number of aromatic nitrogens is 2. The quantitative estimate of drug-likeness (QED) is 0.727. The molecular formula is C11H12N2O2. The lowest BCUT2D eigenvalue weighted by atomic mass is 10.1. The van der Waals surface area contributed by atoms with Crippen molar-refractivity contribution in [1.82, 2.24) is 10.2 Å². The van der Waals surface area contributed by atoms with Gasteiger partial charge in [0.2, 0.25) is 0 Å². The first-order valence-corrected chi connectivity index (χ1v) is 4.43. The summed E-state index contributed by atoms with van der Waals surface area (Å²) < 4.78 is 0. The summed E-state index contributed by atoms with van der Waals surface area (Å²) in [5.74, 6) is 0. The van der Waals surface area contributed by atoms with E-state index in [1.54, 1.807) is 31.2 Å². The highest BCUT2D eigenvalue weighted by atomic mass is 16.1. The summed E-state index contributed by atoms with van der Waals surface area (Å²) in [5.41, 5.74) is 0.452. The highest BCUT2D eigenvalue weighted by Gasteiger charge is 2.01. The molecule has 0 bridgehead atoms. The molecule has 0 amide bonds. The summed E-state index contributed by atoms with van der Waals surface area (Å²) >= 11 is 0. The Kier molecular flexibility index (Phi) is 3.62. The van der Waals surface area contributed by atoms with Gasteiger partial charge in [0.1, 0.15) is 0 Å². The number of allylic oxidation sites excluding steroid dienone is 5. The largest absolute Gasteiger partial charge is 0.270 e. The van der Waals surface area contributed by atoms with Crippen LogP contribution in [0.1, 0.15) is 12.5 Å². The summed E-state index contributed by atoms with van der Waals surface area (Å²) in [6.45, 7) is 5.28. The standard InChI is InChI=1S/C11H12N2O2/c1-3-4-5-6-8(2)9-7-10(14)12-13-11(9)15/h3-7H,1H2,2H3,(H,12,14)(H,13,15)/b5-4-,8-6+. The van der Waals surface area contributed by atoms with Crippen LogP contribution in [0.15, 0.2) is 46.5 Å². The predicted molar refractivity (Wildman–Crippen MR) is 60.7 cm³/mol. The Morgan fingerprint density at radius 1 is 1.33 bits per heavy atom. The fourth-order valence-electron chi connectivity index (χ4n) is 1.08. The van der Waals surface area contributed by atoms with E-state index < -0.39 is 0 Å². The van der Waals surface area contributed by atoms with Crippen molar-refractivity contribution in [2.75, 3.05) is 0 Å². The molecule has 0 saturated heterocycles. The van der Waals surface area contributed by atoms with E-state index in [2.05, 4.69) is 16.8 Å². The number of hydrogen-bond donors (Lipinski definition) is 2. The third-order valence-corrected chi connectivity index (χ3v) is 1.84. The van der Waals surface area contributed by atoms with Gasteiger partial charge in [0, 0.05) is 11.6 Å². The molecule has 4 heteroatoms. The Balaban J connectivity index is 3.16. The third-order valence-electron chi connectivity index (χ3n) is 1.84. The zero-order valence-electron chi connectivity index (χ0n) is 8.41. The summed E-state index contributed by atoms with van der Waals surface area (Å²) in [5, 5.41) is 4.47. The highest BCUT2D eigenvalue weighted by molar-refractivity contribution is 5.64. The topological polar surface area (TPSA) is 65.7 Å². The molecule has 1 aromatic heterocycles. The number of aromatic amines is 2. The van der Waals surface area contributed by atoms with Gasteiger partial charge in [-0.15, -0.1) is 0 Å². The van der Waals surface area contributed by atoms with Gasteiger partial charge in [-0.25, -0.2) is 0 Å². The van der Waals surface area contributed by atoms with Gasteiger partial charge >= 0.3 is 0 Å². The zero-order chi connectivity index (χ0) is 11.3. The van der Waals surface area contributed by atoms with Crippen molar-refractivity contribution in [1.29, 1.82) is 0 Å². The second kappa shape index (κ2) is 4.95. The van der Waals surface area contributed by atoms with Gasteiger partial charge in [0.25, 0.3) is 11.1 Å². The molecule has 0 saturated carbocycles. The number of H-pyrrole nitrogens is 2. The predicted octanol–water partition coefficient (Wildman–Crippen LogP) is 1.21. The third kappa shape index (κ3) is 2.95. The molecule has 4 nitrogen and oxygen atoms in total. The first-order chi connectivity index (χ1) is 7.15. The SMILES string of the molecule is C=C/C=C\C=C(/C)c1cc(=O)[nH][nH]c1=O. The van der Waals surface area contributed by atoms with Gasteiger partial charge in [0.15, 0.2) is 0 Å². The second-order valence-electron chi connectivity index (χ2n) is 2.97. The molecule has 1 aromatic rings. The van der Waals surface area contributed by atoms with Crippen LogP contribution in [0.5, 0.6) is 0 Å². The van der Waals surface area contributed by atoms with Crippen LogP contribution in [-0.4, -0.2) is 10.2 Å². The lowest BCUT2D eigenvalue weighted by Crippen LogP contribution is -2.20. The van der Waals surface area contributed by atoms with Crippen LogP contribution in [0.2, 0.25) is 0 Å². The molecule has 1 heterocycles. The van der Waals surface area contributed by atoms with Gasteiger partial charge in [-0.3, -0.25) is 19.8 Å². The Morgan fingerprint density at radius 3 is 2.73 bits per heavy atom. The first kappa shape index (κ1) is 11.0. The van der Waals surface area contributed by atoms with Gasteiger partial charge < -0.3 is 0 Å². The fourth-order valence-corrected chi connectivity index (χ4v) is 1.08.